The number of aromatic nitrogens is 2. The van der Waals surface area contributed by atoms with E-state index in [9.17, 15) is 4.79 Å². The number of benzene rings is 1. The van der Waals surface area contributed by atoms with E-state index in [1.807, 2.05) is 41.8 Å². The van der Waals surface area contributed by atoms with E-state index < -0.39 is 0 Å². The molecule has 0 saturated heterocycles. The minimum atomic E-state index is -0.118. The van der Waals surface area contributed by atoms with Gasteiger partial charge in [0.05, 0.1) is 4.88 Å². The number of hydrogen-bond acceptors (Lipinski definition) is 3. The summed E-state index contributed by atoms with van der Waals surface area (Å²) in [6, 6.07) is 13.2. The Morgan fingerprint density at radius 2 is 2.18 bits per heavy atom. The van der Waals surface area contributed by atoms with Gasteiger partial charge in [0.1, 0.15) is 6.54 Å². The van der Waals surface area contributed by atoms with Crippen LogP contribution in [0, 0.1) is 11.8 Å². The minimum absolute atomic E-state index is 0.118. The number of amides is 1. The van der Waals surface area contributed by atoms with Crippen LogP contribution in [-0.2, 0) is 11.3 Å². The first-order chi connectivity index (χ1) is 10.8. The predicted octanol–water partition coefficient (Wildman–Crippen LogP) is 2.98. The van der Waals surface area contributed by atoms with Crippen molar-refractivity contribution in [1.29, 1.82) is 0 Å². The van der Waals surface area contributed by atoms with E-state index in [4.69, 9.17) is 0 Å². The lowest BCUT2D eigenvalue weighted by Crippen LogP contribution is -2.18. The van der Waals surface area contributed by atoms with Crippen molar-refractivity contribution in [1.82, 2.24) is 9.78 Å². The van der Waals surface area contributed by atoms with Crippen molar-refractivity contribution in [2.24, 2.45) is 0 Å². The van der Waals surface area contributed by atoms with Gasteiger partial charge in [-0.3, -0.25) is 9.48 Å². The quantitative estimate of drug-likeness (QED) is 0.756. The van der Waals surface area contributed by atoms with Crippen molar-refractivity contribution in [3.8, 4) is 11.8 Å². The lowest BCUT2D eigenvalue weighted by molar-refractivity contribution is -0.116. The van der Waals surface area contributed by atoms with Crippen LogP contribution < -0.4 is 5.32 Å². The Morgan fingerprint density at radius 3 is 2.95 bits per heavy atom. The maximum absolute atomic E-state index is 11.9. The summed E-state index contributed by atoms with van der Waals surface area (Å²) in [5.74, 6) is 6.08. The van der Waals surface area contributed by atoms with Crippen molar-refractivity contribution >= 4 is 22.9 Å². The molecule has 3 rings (SSSR count). The molecule has 0 atom stereocenters. The van der Waals surface area contributed by atoms with Gasteiger partial charge in [0.15, 0.2) is 0 Å². The van der Waals surface area contributed by atoms with Gasteiger partial charge in [-0.2, -0.15) is 5.10 Å². The molecule has 2 heterocycles. The molecule has 1 amide bonds. The van der Waals surface area contributed by atoms with Gasteiger partial charge in [0.2, 0.25) is 5.91 Å². The monoisotopic (exact) mass is 307 g/mol. The molecule has 3 aromatic rings. The largest absolute Gasteiger partial charge is 0.324 e. The molecule has 0 saturated carbocycles. The molecular formula is C17H13N3OS. The van der Waals surface area contributed by atoms with Gasteiger partial charge in [-0.1, -0.05) is 24.0 Å². The van der Waals surface area contributed by atoms with Gasteiger partial charge in [-0.15, -0.1) is 11.3 Å². The molecule has 4 nitrogen and oxygen atoms in total. The number of rotatable bonds is 3. The Bertz CT molecular complexity index is 811. The second kappa shape index (κ2) is 6.74. The van der Waals surface area contributed by atoms with E-state index in [2.05, 4.69) is 22.3 Å². The van der Waals surface area contributed by atoms with E-state index in [1.54, 1.807) is 34.5 Å². The molecule has 108 valence electrons. The molecule has 1 N–H and O–H groups in total. The topological polar surface area (TPSA) is 46.9 Å². The van der Waals surface area contributed by atoms with Gasteiger partial charge in [-0.05, 0) is 35.7 Å². The van der Waals surface area contributed by atoms with Crippen molar-refractivity contribution in [3.05, 3.63) is 70.7 Å². The molecule has 0 bridgehead atoms. The number of anilines is 1. The molecule has 0 aliphatic rings. The summed E-state index contributed by atoms with van der Waals surface area (Å²) in [6.07, 6.45) is 3.40. The Balaban J connectivity index is 1.67. The van der Waals surface area contributed by atoms with E-state index >= 15 is 0 Å². The summed E-state index contributed by atoms with van der Waals surface area (Å²) < 4.78 is 1.58. The van der Waals surface area contributed by atoms with E-state index in [1.165, 1.54) is 0 Å². The number of nitrogens with zero attached hydrogens (tertiary/aromatic N) is 2. The molecule has 0 spiro atoms. The average Bonchev–Trinajstić information content (AvgIpc) is 3.18. The van der Waals surface area contributed by atoms with E-state index in [0.29, 0.717) is 0 Å². The molecule has 0 unspecified atom stereocenters. The lowest BCUT2D eigenvalue weighted by atomic mass is 10.2. The highest BCUT2D eigenvalue weighted by Crippen LogP contribution is 2.11. The molecule has 1 aromatic carbocycles. The van der Waals surface area contributed by atoms with Crippen LogP contribution in [0.3, 0.4) is 0 Å². The first-order valence-corrected chi connectivity index (χ1v) is 7.60. The molecule has 0 fully saturated rings. The third-order valence-electron chi connectivity index (χ3n) is 2.86. The van der Waals surface area contributed by atoms with Gasteiger partial charge in [-0.25, -0.2) is 0 Å². The van der Waals surface area contributed by atoms with Crippen LogP contribution >= 0.6 is 11.3 Å². The number of hydrogen-bond donors (Lipinski definition) is 1. The number of carbonyl (C=O) groups excluding carboxylic acids is 1. The van der Waals surface area contributed by atoms with Crippen LogP contribution in [0.25, 0.3) is 0 Å². The van der Waals surface area contributed by atoms with Crippen LogP contribution in [0.2, 0.25) is 0 Å². The summed E-state index contributed by atoms with van der Waals surface area (Å²) in [7, 11) is 0. The fourth-order valence-electron chi connectivity index (χ4n) is 1.90. The summed E-state index contributed by atoms with van der Waals surface area (Å²) in [5.41, 5.74) is 1.60. The van der Waals surface area contributed by atoms with Crippen molar-refractivity contribution in [3.63, 3.8) is 0 Å². The van der Waals surface area contributed by atoms with Crippen molar-refractivity contribution < 1.29 is 4.79 Å². The second-order valence-corrected chi connectivity index (χ2v) is 5.51. The standard InChI is InChI=1S/C17H13N3OS/c21-17(13-20-10-3-9-18-20)19-15-5-1-4-14(12-15)7-8-16-6-2-11-22-16/h1-6,9-12H,13H2,(H,19,21). The molecule has 0 radical (unpaired) electrons. The van der Waals surface area contributed by atoms with Crippen LogP contribution in [0.15, 0.2) is 60.2 Å². The molecule has 0 aliphatic heterocycles. The molecular weight excluding hydrogens is 294 g/mol. The predicted molar refractivity (Wildman–Crippen MR) is 87.6 cm³/mol. The van der Waals surface area contributed by atoms with Crippen molar-refractivity contribution in [2.75, 3.05) is 5.32 Å². The summed E-state index contributed by atoms with van der Waals surface area (Å²) in [4.78, 5) is 13.0. The smallest absolute Gasteiger partial charge is 0.246 e. The summed E-state index contributed by atoms with van der Waals surface area (Å²) in [5, 5.41) is 8.85. The Hall–Kier alpha value is -2.84. The lowest BCUT2D eigenvalue weighted by Gasteiger charge is -2.05. The Labute approximate surface area is 132 Å². The Kier molecular flexibility index (Phi) is 4.33. The molecule has 5 heteroatoms. The van der Waals surface area contributed by atoms with Crippen LogP contribution in [0.4, 0.5) is 5.69 Å². The van der Waals surface area contributed by atoms with Gasteiger partial charge >= 0.3 is 0 Å². The van der Waals surface area contributed by atoms with E-state index in [0.717, 1.165) is 16.1 Å². The third kappa shape index (κ3) is 3.84. The van der Waals surface area contributed by atoms with Crippen LogP contribution in [0.5, 0.6) is 0 Å². The maximum atomic E-state index is 11.9. The normalized spacial score (nSPS) is 9.82. The molecule has 2 aromatic heterocycles. The van der Waals surface area contributed by atoms with Crippen molar-refractivity contribution in [2.45, 2.75) is 6.54 Å². The average molecular weight is 307 g/mol. The van der Waals surface area contributed by atoms with Crippen LogP contribution in [-0.4, -0.2) is 15.7 Å². The summed E-state index contributed by atoms with van der Waals surface area (Å²) >= 11 is 1.61. The van der Waals surface area contributed by atoms with Gasteiger partial charge in [0.25, 0.3) is 0 Å². The van der Waals surface area contributed by atoms with Gasteiger partial charge in [0, 0.05) is 23.6 Å². The fraction of sp³-hybridized carbons (Fsp3) is 0.0588. The van der Waals surface area contributed by atoms with Gasteiger partial charge < -0.3 is 5.32 Å². The fourth-order valence-corrected chi connectivity index (χ4v) is 2.47. The third-order valence-corrected chi connectivity index (χ3v) is 3.65. The second-order valence-electron chi connectivity index (χ2n) is 4.56. The van der Waals surface area contributed by atoms with Crippen LogP contribution in [0.1, 0.15) is 10.4 Å². The number of thiophene rings is 1. The number of nitrogens with one attached hydrogen (secondary N) is 1. The molecule has 0 aliphatic carbocycles. The zero-order valence-corrected chi connectivity index (χ0v) is 12.5. The highest BCUT2D eigenvalue weighted by atomic mass is 32.1. The highest BCUT2D eigenvalue weighted by molar-refractivity contribution is 7.10. The zero-order valence-electron chi connectivity index (χ0n) is 11.7. The van der Waals surface area contributed by atoms with E-state index in [-0.39, 0.29) is 12.5 Å². The number of carbonyl (C=O) groups is 1. The highest BCUT2D eigenvalue weighted by Gasteiger charge is 2.03. The minimum Gasteiger partial charge on any atom is -0.324 e. The zero-order chi connectivity index (χ0) is 15.2. The Morgan fingerprint density at radius 1 is 1.23 bits per heavy atom. The first kappa shape index (κ1) is 14.1. The summed E-state index contributed by atoms with van der Waals surface area (Å²) in [6.45, 7) is 0.193. The maximum Gasteiger partial charge on any atom is 0.246 e. The SMILES string of the molecule is O=C(Cn1cccn1)Nc1cccc(C#Cc2cccs2)c1. The first-order valence-electron chi connectivity index (χ1n) is 6.72. The molecule has 22 heavy (non-hydrogen) atoms.